The number of aromatic nitrogens is 4. The third kappa shape index (κ3) is 2.34. The molecule has 2 aromatic rings. The van der Waals surface area contributed by atoms with Crippen molar-refractivity contribution in [2.45, 2.75) is 33.4 Å². The number of aryl methyl sites for hydroxylation is 1. The van der Waals surface area contributed by atoms with Crippen molar-refractivity contribution in [3.63, 3.8) is 0 Å². The van der Waals surface area contributed by atoms with Crippen LogP contribution in [-0.2, 0) is 13.1 Å². The van der Waals surface area contributed by atoms with Gasteiger partial charge in [0.15, 0.2) is 11.2 Å². The molecule has 2 heterocycles. The number of nitrogens with one attached hydrogen (secondary N) is 1. The van der Waals surface area contributed by atoms with Gasteiger partial charge in [-0.15, -0.1) is 0 Å². The lowest BCUT2D eigenvalue weighted by atomic mass is 10.4. The Hall–Kier alpha value is -2.09. The van der Waals surface area contributed by atoms with Gasteiger partial charge in [0.25, 0.3) is 11.6 Å². The van der Waals surface area contributed by atoms with Crippen LogP contribution in [0.2, 0.25) is 0 Å². The molecule has 0 saturated carbocycles. The number of aliphatic hydroxyl groups is 1. The van der Waals surface area contributed by atoms with Crippen molar-refractivity contribution in [1.29, 1.82) is 0 Å². The zero-order chi connectivity index (χ0) is 14.7. The molecule has 2 N–H and O–H groups in total. The highest BCUT2D eigenvalue weighted by atomic mass is 16.5. The molecule has 110 valence electrons. The lowest BCUT2D eigenvalue weighted by Gasteiger charge is -2.08. The van der Waals surface area contributed by atoms with E-state index in [2.05, 4.69) is 9.97 Å². The average Bonchev–Trinajstić information content (AvgIpc) is 2.83. The minimum absolute atomic E-state index is 0.0801. The molecular formula is C12H18N4O4. The van der Waals surface area contributed by atoms with E-state index in [0.717, 1.165) is 4.57 Å². The quantitative estimate of drug-likeness (QED) is 0.756. The molecule has 0 bridgehead atoms. The van der Waals surface area contributed by atoms with Crippen LogP contribution in [0.5, 0.6) is 6.01 Å². The van der Waals surface area contributed by atoms with Crippen LogP contribution in [-0.4, -0.2) is 37.4 Å². The van der Waals surface area contributed by atoms with Crippen LogP contribution in [0.1, 0.15) is 20.3 Å². The first-order chi connectivity index (χ1) is 9.63. The first-order valence-electron chi connectivity index (χ1n) is 6.61. The van der Waals surface area contributed by atoms with Crippen LogP contribution in [0.25, 0.3) is 11.2 Å². The van der Waals surface area contributed by atoms with E-state index in [9.17, 15) is 9.59 Å². The maximum Gasteiger partial charge on any atom is 0.332 e. The van der Waals surface area contributed by atoms with Crippen LogP contribution in [0.4, 0.5) is 0 Å². The van der Waals surface area contributed by atoms with Crippen LogP contribution in [0, 0.1) is 0 Å². The second-order valence-corrected chi connectivity index (χ2v) is 4.23. The van der Waals surface area contributed by atoms with Gasteiger partial charge in [0.2, 0.25) is 0 Å². The van der Waals surface area contributed by atoms with Crippen LogP contribution < -0.4 is 16.0 Å². The molecule has 0 aliphatic carbocycles. The SMILES string of the molecule is CCOc1nc2c([nH]1)c(=O)n(CCCO)c(=O)n2CC. The van der Waals surface area contributed by atoms with Crippen LogP contribution in [0.15, 0.2) is 9.59 Å². The number of fused-ring (bicyclic) bond motifs is 1. The smallest absolute Gasteiger partial charge is 0.332 e. The molecule has 8 nitrogen and oxygen atoms in total. The average molecular weight is 282 g/mol. The van der Waals surface area contributed by atoms with Gasteiger partial charge >= 0.3 is 5.69 Å². The lowest BCUT2D eigenvalue weighted by molar-refractivity contribution is 0.277. The van der Waals surface area contributed by atoms with E-state index >= 15 is 0 Å². The summed E-state index contributed by atoms with van der Waals surface area (Å²) in [5.74, 6) is 0. The molecule has 0 aliphatic rings. The van der Waals surface area contributed by atoms with E-state index in [0.29, 0.717) is 25.2 Å². The Kier molecular flexibility index (Phi) is 4.23. The molecule has 0 unspecified atom stereocenters. The molecule has 0 aromatic carbocycles. The summed E-state index contributed by atoms with van der Waals surface area (Å²) in [7, 11) is 0. The van der Waals surface area contributed by atoms with Gasteiger partial charge in [0, 0.05) is 19.7 Å². The third-order valence-corrected chi connectivity index (χ3v) is 2.98. The van der Waals surface area contributed by atoms with Crippen molar-refractivity contribution < 1.29 is 9.84 Å². The third-order valence-electron chi connectivity index (χ3n) is 2.98. The van der Waals surface area contributed by atoms with E-state index in [1.165, 1.54) is 4.57 Å². The number of imidazole rings is 1. The van der Waals surface area contributed by atoms with Crippen molar-refractivity contribution in [1.82, 2.24) is 19.1 Å². The van der Waals surface area contributed by atoms with E-state index in [4.69, 9.17) is 9.84 Å². The highest BCUT2D eigenvalue weighted by Crippen LogP contribution is 2.11. The van der Waals surface area contributed by atoms with Crippen molar-refractivity contribution in [2.24, 2.45) is 0 Å². The van der Waals surface area contributed by atoms with E-state index in [1.807, 2.05) is 0 Å². The molecule has 2 rings (SSSR count). The Morgan fingerprint density at radius 3 is 2.65 bits per heavy atom. The van der Waals surface area contributed by atoms with Gasteiger partial charge in [0.05, 0.1) is 6.61 Å². The predicted octanol–water partition coefficient (Wildman–Crippen LogP) is -0.313. The summed E-state index contributed by atoms with van der Waals surface area (Å²) in [5, 5.41) is 8.86. The number of hydrogen-bond donors (Lipinski definition) is 2. The standard InChI is InChI=1S/C12H18N4O4/c1-3-15-9-8(13-11(14-9)20-4-2)10(18)16(12(15)19)6-5-7-17/h17H,3-7H2,1-2H3,(H,13,14). The Balaban J connectivity index is 2.70. The van der Waals surface area contributed by atoms with Crippen molar-refractivity contribution >= 4 is 11.2 Å². The molecule has 0 saturated heterocycles. The number of rotatable bonds is 6. The number of ether oxygens (including phenoxy) is 1. The summed E-state index contributed by atoms with van der Waals surface area (Å²) in [4.78, 5) is 31.5. The molecule has 8 heteroatoms. The van der Waals surface area contributed by atoms with Crippen LogP contribution >= 0.6 is 0 Å². The first-order valence-corrected chi connectivity index (χ1v) is 6.61. The topological polar surface area (TPSA) is 102 Å². The molecule has 0 amide bonds. The van der Waals surface area contributed by atoms with Crippen LogP contribution in [0.3, 0.4) is 0 Å². The zero-order valence-corrected chi connectivity index (χ0v) is 11.5. The second-order valence-electron chi connectivity index (χ2n) is 4.23. The van der Waals surface area contributed by atoms with Crippen molar-refractivity contribution in [3.8, 4) is 6.01 Å². The number of hydrogen-bond acceptors (Lipinski definition) is 5. The maximum atomic E-state index is 12.3. The molecular weight excluding hydrogens is 264 g/mol. The number of aromatic amines is 1. The van der Waals surface area contributed by atoms with Crippen molar-refractivity contribution in [2.75, 3.05) is 13.2 Å². The fourth-order valence-electron chi connectivity index (χ4n) is 2.06. The summed E-state index contributed by atoms with van der Waals surface area (Å²) in [6.07, 6.45) is 0.344. The summed E-state index contributed by atoms with van der Waals surface area (Å²) in [6.45, 7) is 4.51. The van der Waals surface area contributed by atoms with E-state index in [-0.39, 0.29) is 24.7 Å². The van der Waals surface area contributed by atoms with Gasteiger partial charge in [-0.1, -0.05) is 0 Å². The maximum absolute atomic E-state index is 12.3. The summed E-state index contributed by atoms with van der Waals surface area (Å²) >= 11 is 0. The minimum atomic E-state index is -0.443. The summed E-state index contributed by atoms with van der Waals surface area (Å²) in [5.41, 5.74) is -0.325. The molecule has 0 spiro atoms. The molecule has 0 aliphatic heterocycles. The largest absolute Gasteiger partial charge is 0.465 e. The highest BCUT2D eigenvalue weighted by molar-refractivity contribution is 5.70. The number of aliphatic hydroxyl groups excluding tert-OH is 1. The molecule has 2 aromatic heterocycles. The molecule has 0 fully saturated rings. The monoisotopic (exact) mass is 282 g/mol. The Labute approximate surface area is 114 Å². The number of nitrogens with zero attached hydrogens (tertiary/aromatic N) is 3. The Morgan fingerprint density at radius 1 is 1.30 bits per heavy atom. The first kappa shape index (κ1) is 14.3. The fraction of sp³-hybridized carbons (Fsp3) is 0.583. The minimum Gasteiger partial charge on any atom is -0.465 e. The summed E-state index contributed by atoms with van der Waals surface area (Å²) in [6, 6.07) is 0.223. The predicted molar refractivity (Wildman–Crippen MR) is 73.2 cm³/mol. The van der Waals surface area contributed by atoms with E-state index in [1.54, 1.807) is 13.8 Å². The zero-order valence-electron chi connectivity index (χ0n) is 11.5. The van der Waals surface area contributed by atoms with Gasteiger partial charge in [0.1, 0.15) is 0 Å². The highest BCUT2D eigenvalue weighted by Gasteiger charge is 2.16. The van der Waals surface area contributed by atoms with Gasteiger partial charge in [-0.05, 0) is 20.3 Å². The second kappa shape index (κ2) is 5.91. The van der Waals surface area contributed by atoms with Gasteiger partial charge in [-0.3, -0.25) is 13.9 Å². The summed E-state index contributed by atoms with van der Waals surface area (Å²) < 4.78 is 7.75. The Bertz CT molecular complexity index is 713. The fourth-order valence-corrected chi connectivity index (χ4v) is 2.06. The van der Waals surface area contributed by atoms with E-state index < -0.39 is 11.2 Å². The normalized spacial score (nSPS) is 11.2. The molecule has 0 atom stereocenters. The molecule has 0 radical (unpaired) electrons. The van der Waals surface area contributed by atoms with Crippen molar-refractivity contribution in [3.05, 3.63) is 20.8 Å². The van der Waals surface area contributed by atoms with Gasteiger partial charge in [-0.25, -0.2) is 4.79 Å². The van der Waals surface area contributed by atoms with Gasteiger partial charge in [-0.2, -0.15) is 4.98 Å². The number of H-pyrrole nitrogens is 1. The van der Waals surface area contributed by atoms with Gasteiger partial charge < -0.3 is 14.8 Å². The molecule has 20 heavy (non-hydrogen) atoms. The Morgan fingerprint density at radius 2 is 2.05 bits per heavy atom. The lowest BCUT2D eigenvalue weighted by Crippen LogP contribution is -2.40.